The minimum atomic E-state index is -0.247. The molecule has 6 heteroatoms. The van der Waals surface area contributed by atoms with Crippen LogP contribution in [0.1, 0.15) is 32.8 Å². The van der Waals surface area contributed by atoms with Gasteiger partial charge in [0.05, 0.1) is 0 Å². The fourth-order valence-electron chi connectivity index (χ4n) is 2.28. The number of aromatic nitrogens is 2. The minimum absolute atomic E-state index is 0.122. The lowest BCUT2D eigenvalue weighted by molar-refractivity contribution is 0.0950. The van der Waals surface area contributed by atoms with Crippen molar-refractivity contribution in [1.29, 1.82) is 0 Å². The lowest BCUT2D eigenvalue weighted by atomic mass is 10.1. The molecule has 3 aromatic rings. The summed E-state index contributed by atoms with van der Waals surface area (Å²) in [5, 5.41) is 5.98. The lowest BCUT2D eigenvalue weighted by Gasteiger charge is -2.02. The van der Waals surface area contributed by atoms with Crippen LogP contribution in [0.5, 0.6) is 0 Å². The Kier molecular flexibility index (Phi) is 4.02. The molecule has 1 amide bonds. The van der Waals surface area contributed by atoms with Crippen LogP contribution >= 0.6 is 11.3 Å². The quantitative estimate of drug-likeness (QED) is 0.711. The van der Waals surface area contributed by atoms with E-state index in [4.69, 9.17) is 0 Å². The predicted molar refractivity (Wildman–Crippen MR) is 86.5 cm³/mol. The molecule has 0 spiro atoms. The number of aromatic amines is 1. The van der Waals surface area contributed by atoms with Crippen LogP contribution in [0, 0.1) is 0 Å². The first kappa shape index (κ1) is 14.5. The lowest BCUT2D eigenvalue weighted by Crippen LogP contribution is -2.26. The van der Waals surface area contributed by atoms with Crippen molar-refractivity contribution in [3.05, 3.63) is 52.1 Å². The third kappa shape index (κ3) is 2.92. The zero-order valence-corrected chi connectivity index (χ0v) is 12.9. The first-order valence-corrected chi connectivity index (χ1v) is 7.83. The van der Waals surface area contributed by atoms with Gasteiger partial charge in [-0.1, -0.05) is 18.2 Å². The van der Waals surface area contributed by atoms with Gasteiger partial charge in [-0.25, -0.2) is 4.98 Å². The van der Waals surface area contributed by atoms with Gasteiger partial charge in [0.25, 0.3) is 5.91 Å². The smallest absolute Gasteiger partial charge is 0.270 e. The molecule has 5 nitrogen and oxygen atoms in total. The van der Waals surface area contributed by atoms with E-state index >= 15 is 0 Å². The molecule has 1 aromatic carbocycles. The molecular formula is C16H15N3O2S. The van der Waals surface area contributed by atoms with Crippen molar-refractivity contribution in [1.82, 2.24) is 15.3 Å². The second-order valence-corrected chi connectivity index (χ2v) is 5.82. The van der Waals surface area contributed by atoms with Crippen LogP contribution in [0.3, 0.4) is 0 Å². The average Bonchev–Trinajstić information content (AvgIpc) is 3.14. The van der Waals surface area contributed by atoms with Crippen LogP contribution < -0.4 is 5.32 Å². The topological polar surface area (TPSA) is 74.8 Å². The number of para-hydroxylation sites is 1. The van der Waals surface area contributed by atoms with Crippen LogP contribution in [0.4, 0.5) is 0 Å². The Labute approximate surface area is 131 Å². The van der Waals surface area contributed by atoms with E-state index in [1.54, 1.807) is 5.38 Å². The summed E-state index contributed by atoms with van der Waals surface area (Å²) in [7, 11) is 0. The Morgan fingerprint density at radius 3 is 2.91 bits per heavy atom. The van der Waals surface area contributed by atoms with Gasteiger partial charge in [0, 0.05) is 35.9 Å². The largest absolute Gasteiger partial charge is 0.361 e. The van der Waals surface area contributed by atoms with Gasteiger partial charge in [-0.2, -0.15) is 0 Å². The molecule has 2 heterocycles. The summed E-state index contributed by atoms with van der Waals surface area (Å²) < 4.78 is 0. The highest BCUT2D eigenvalue weighted by atomic mass is 32.1. The van der Waals surface area contributed by atoms with Gasteiger partial charge >= 0.3 is 0 Å². The number of H-pyrrole nitrogens is 1. The van der Waals surface area contributed by atoms with E-state index in [0.717, 1.165) is 11.9 Å². The fourth-order valence-corrected chi connectivity index (χ4v) is 2.98. The number of thiazole rings is 1. The summed E-state index contributed by atoms with van der Waals surface area (Å²) in [6.07, 6.45) is 2.70. The Morgan fingerprint density at radius 2 is 2.14 bits per heavy atom. The van der Waals surface area contributed by atoms with Crippen LogP contribution in [0.25, 0.3) is 10.9 Å². The number of ketones is 1. The monoisotopic (exact) mass is 313 g/mol. The molecule has 0 aliphatic rings. The van der Waals surface area contributed by atoms with E-state index in [0.29, 0.717) is 17.2 Å². The molecule has 0 aliphatic carbocycles. The molecule has 0 saturated heterocycles. The molecule has 2 N–H and O–H groups in total. The zero-order valence-electron chi connectivity index (χ0n) is 12.1. The van der Waals surface area contributed by atoms with Gasteiger partial charge in [-0.05, 0) is 18.1 Å². The van der Waals surface area contributed by atoms with E-state index in [9.17, 15) is 9.59 Å². The molecule has 0 radical (unpaired) electrons. The molecule has 112 valence electrons. The first-order valence-electron chi connectivity index (χ1n) is 6.95. The van der Waals surface area contributed by atoms with E-state index in [2.05, 4.69) is 21.4 Å². The fraction of sp³-hybridized carbons (Fsp3) is 0.188. The molecule has 0 unspecified atom stereocenters. The van der Waals surface area contributed by atoms with Crippen molar-refractivity contribution in [2.45, 2.75) is 13.3 Å². The SMILES string of the molecule is CC(=O)c1nc(C(=O)NCCc2c[nH]c3ccccc23)cs1. The maximum Gasteiger partial charge on any atom is 0.270 e. The molecule has 2 aromatic heterocycles. The molecule has 22 heavy (non-hydrogen) atoms. The average molecular weight is 313 g/mol. The Balaban J connectivity index is 1.60. The van der Waals surface area contributed by atoms with Gasteiger partial charge in [-0.3, -0.25) is 9.59 Å². The number of fused-ring (bicyclic) bond motifs is 1. The van der Waals surface area contributed by atoms with E-state index in [1.165, 1.54) is 29.2 Å². The summed E-state index contributed by atoms with van der Waals surface area (Å²) in [6, 6.07) is 8.06. The standard InChI is InChI=1S/C16H15N3O2S/c1-10(20)16-19-14(9-22-16)15(21)17-7-6-11-8-18-13-5-3-2-4-12(11)13/h2-5,8-9,18H,6-7H2,1H3,(H,17,21). The number of Topliss-reactive ketones (excluding diaryl/α,β-unsaturated/α-hetero) is 1. The van der Waals surface area contributed by atoms with Gasteiger partial charge in [0.1, 0.15) is 5.69 Å². The highest BCUT2D eigenvalue weighted by molar-refractivity contribution is 7.11. The van der Waals surface area contributed by atoms with Crippen molar-refractivity contribution in [2.75, 3.05) is 6.54 Å². The van der Waals surface area contributed by atoms with Crippen molar-refractivity contribution in [3.8, 4) is 0 Å². The molecule has 0 fully saturated rings. The third-order valence-corrected chi connectivity index (χ3v) is 4.34. The number of rotatable bonds is 5. The highest BCUT2D eigenvalue weighted by Crippen LogP contribution is 2.17. The van der Waals surface area contributed by atoms with Crippen molar-refractivity contribution in [3.63, 3.8) is 0 Å². The Bertz CT molecular complexity index is 835. The maximum absolute atomic E-state index is 12.0. The van der Waals surface area contributed by atoms with Gasteiger partial charge in [0.15, 0.2) is 10.8 Å². The van der Waals surface area contributed by atoms with Crippen LogP contribution in [0.15, 0.2) is 35.8 Å². The molecule has 3 rings (SSSR count). The number of hydrogen-bond acceptors (Lipinski definition) is 4. The third-order valence-electron chi connectivity index (χ3n) is 3.39. The summed E-state index contributed by atoms with van der Waals surface area (Å²) >= 11 is 1.19. The summed E-state index contributed by atoms with van der Waals surface area (Å²) in [5.74, 6) is -0.369. The number of nitrogens with zero attached hydrogens (tertiary/aromatic N) is 1. The number of nitrogens with one attached hydrogen (secondary N) is 2. The molecule has 0 bridgehead atoms. The predicted octanol–water partition coefficient (Wildman–Crippen LogP) is 2.80. The van der Waals surface area contributed by atoms with E-state index in [-0.39, 0.29) is 11.7 Å². The minimum Gasteiger partial charge on any atom is -0.361 e. The number of benzene rings is 1. The first-order chi connectivity index (χ1) is 10.6. The molecule has 0 atom stereocenters. The zero-order chi connectivity index (χ0) is 15.5. The van der Waals surface area contributed by atoms with Crippen molar-refractivity contribution in [2.24, 2.45) is 0 Å². The Morgan fingerprint density at radius 1 is 1.32 bits per heavy atom. The number of carbonyl (C=O) groups excluding carboxylic acids is 2. The summed E-state index contributed by atoms with van der Waals surface area (Å²) in [4.78, 5) is 30.4. The molecular weight excluding hydrogens is 298 g/mol. The van der Waals surface area contributed by atoms with Crippen molar-refractivity contribution >= 4 is 33.9 Å². The highest BCUT2D eigenvalue weighted by Gasteiger charge is 2.12. The molecule has 0 aliphatic heterocycles. The summed E-state index contributed by atoms with van der Waals surface area (Å²) in [5.41, 5.74) is 2.56. The molecule has 0 saturated carbocycles. The van der Waals surface area contributed by atoms with E-state index < -0.39 is 0 Å². The maximum atomic E-state index is 12.0. The van der Waals surface area contributed by atoms with Crippen LogP contribution in [0.2, 0.25) is 0 Å². The summed E-state index contributed by atoms with van der Waals surface area (Å²) in [6.45, 7) is 1.96. The van der Waals surface area contributed by atoms with Gasteiger partial charge in [0.2, 0.25) is 0 Å². The van der Waals surface area contributed by atoms with E-state index in [1.807, 2.05) is 24.4 Å². The number of amides is 1. The van der Waals surface area contributed by atoms with Crippen LogP contribution in [-0.2, 0) is 6.42 Å². The second kappa shape index (κ2) is 6.11. The number of hydrogen-bond donors (Lipinski definition) is 2. The second-order valence-electron chi connectivity index (χ2n) is 4.96. The Hall–Kier alpha value is -2.47. The normalized spacial score (nSPS) is 10.8. The van der Waals surface area contributed by atoms with Gasteiger partial charge < -0.3 is 10.3 Å². The number of carbonyl (C=O) groups is 2. The van der Waals surface area contributed by atoms with Crippen molar-refractivity contribution < 1.29 is 9.59 Å². The van der Waals surface area contributed by atoms with Crippen LogP contribution in [-0.4, -0.2) is 28.2 Å². The van der Waals surface area contributed by atoms with Gasteiger partial charge in [-0.15, -0.1) is 11.3 Å².